The lowest BCUT2D eigenvalue weighted by molar-refractivity contribution is 0.0923. The number of halogens is 1. The van der Waals surface area contributed by atoms with Crippen LogP contribution in [-0.4, -0.2) is 62.0 Å². The first-order valence-electron chi connectivity index (χ1n) is 8.42. The molecule has 2 aromatic rings. The van der Waals surface area contributed by atoms with E-state index in [1.807, 2.05) is 25.1 Å². The van der Waals surface area contributed by atoms with E-state index in [-0.39, 0.29) is 5.91 Å². The fourth-order valence-corrected chi connectivity index (χ4v) is 3.43. The van der Waals surface area contributed by atoms with E-state index < -0.39 is 0 Å². The van der Waals surface area contributed by atoms with Crippen LogP contribution in [0.2, 0.25) is 0 Å². The SMILES string of the molecule is Cc1c(C(=O)NCCCN2CCN(C)CC2)oc2ccc(Br)cc12. The summed E-state index contributed by atoms with van der Waals surface area (Å²) in [5.41, 5.74) is 1.64. The summed E-state index contributed by atoms with van der Waals surface area (Å²) in [5, 5.41) is 3.96. The molecule has 0 unspecified atom stereocenters. The van der Waals surface area contributed by atoms with Crippen LogP contribution < -0.4 is 5.32 Å². The number of benzene rings is 1. The molecule has 5 nitrogen and oxygen atoms in total. The van der Waals surface area contributed by atoms with Crippen molar-refractivity contribution in [2.75, 3.05) is 46.3 Å². The third-order valence-electron chi connectivity index (χ3n) is 4.64. The number of aryl methyl sites for hydroxylation is 1. The van der Waals surface area contributed by atoms with Crippen LogP contribution in [0.4, 0.5) is 0 Å². The van der Waals surface area contributed by atoms with Gasteiger partial charge in [0.15, 0.2) is 5.76 Å². The van der Waals surface area contributed by atoms with Gasteiger partial charge in [0.25, 0.3) is 5.91 Å². The van der Waals surface area contributed by atoms with Gasteiger partial charge in [0.2, 0.25) is 0 Å². The van der Waals surface area contributed by atoms with Crippen LogP contribution >= 0.6 is 15.9 Å². The highest BCUT2D eigenvalue weighted by atomic mass is 79.9. The maximum Gasteiger partial charge on any atom is 0.287 e. The van der Waals surface area contributed by atoms with Gasteiger partial charge in [0.1, 0.15) is 5.58 Å². The van der Waals surface area contributed by atoms with Crippen LogP contribution in [-0.2, 0) is 0 Å². The Morgan fingerprint density at radius 2 is 2.04 bits per heavy atom. The second-order valence-corrected chi connectivity index (χ2v) is 7.37. The second kappa shape index (κ2) is 7.68. The van der Waals surface area contributed by atoms with Crippen molar-refractivity contribution in [1.29, 1.82) is 0 Å². The summed E-state index contributed by atoms with van der Waals surface area (Å²) in [4.78, 5) is 17.2. The number of nitrogens with one attached hydrogen (secondary N) is 1. The average Bonchev–Trinajstić information content (AvgIpc) is 2.90. The van der Waals surface area contributed by atoms with Gasteiger partial charge in [0, 0.05) is 48.1 Å². The molecule has 0 aliphatic carbocycles. The lowest BCUT2D eigenvalue weighted by Gasteiger charge is -2.32. The molecule has 0 atom stereocenters. The minimum Gasteiger partial charge on any atom is -0.451 e. The summed E-state index contributed by atoms with van der Waals surface area (Å²) in [6.07, 6.45) is 0.959. The van der Waals surface area contributed by atoms with Crippen molar-refractivity contribution in [3.63, 3.8) is 0 Å². The number of hydrogen-bond donors (Lipinski definition) is 1. The minimum absolute atomic E-state index is 0.127. The third kappa shape index (κ3) is 3.99. The predicted octanol–water partition coefficient (Wildman–Crippen LogP) is 2.87. The smallest absolute Gasteiger partial charge is 0.287 e. The maximum absolute atomic E-state index is 12.4. The first kappa shape index (κ1) is 17.5. The van der Waals surface area contributed by atoms with E-state index in [2.05, 4.69) is 38.1 Å². The third-order valence-corrected chi connectivity index (χ3v) is 5.13. The molecule has 1 aliphatic heterocycles. The van der Waals surface area contributed by atoms with Crippen molar-refractivity contribution < 1.29 is 9.21 Å². The van der Waals surface area contributed by atoms with Crippen LogP contribution in [0.3, 0.4) is 0 Å². The van der Waals surface area contributed by atoms with E-state index >= 15 is 0 Å². The number of furan rings is 1. The molecule has 1 aromatic heterocycles. The molecule has 0 spiro atoms. The number of carbonyl (C=O) groups is 1. The molecular weight excluding hydrogens is 370 g/mol. The molecular formula is C18H24BrN3O2. The molecule has 0 saturated carbocycles. The standard InChI is InChI=1S/C18H24BrN3O2/c1-13-15-12-14(19)4-5-16(15)24-17(13)18(23)20-6-3-7-22-10-8-21(2)9-11-22/h4-5,12H,3,6-11H2,1-2H3,(H,20,23). The summed E-state index contributed by atoms with van der Waals surface area (Å²) in [5.74, 6) is 0.292. The summed E-state index contributed by atoms with van der Waals surface area (Å²) < 4.78 is 6.71. The molecule has 6 heteroatoms. The van der Waals surface area contributed by atoms with Crippen LogP contribution in [0.15, 0.2) is 27.1 Å². The zero-order valence-corrected chi connectivity index (χ0v) is 15.9. The molecule has 0 radical (unpaired) electrons. The zero-order chi connectivity index (χ0) is 17.1. The largest absolute Gasteiger partial charge is 0.451 e. The average molecular weight is 394 g/mol. The molecule has 1 saturated heterocycles. The van der Waals surface area contributed by atoms with E-state index in [1.54, 1.807) is 0 Å². The van der Waals surface area contributed by atoms with Crippen molar-refractivity contribution in [3.05, 3.63) is 34.0 Å². The Kier molecular flexibility index (Phi) is 5.58. The van der Waals surface area contributed by atoms with Gasteiger partial charge in [-0.25, -0.2) is 0 Å². The summed E-state index contributed by atoms with van der Waals surface area (Å²) in [7, 11) is 2.16. The van der Waals surface area contributed by atoms with Gasteiger partial charge in [-0.2, -0.15) is 0 Å². The van der Waals surface area contributed by atoms with Crippen LogP contribution in [0.1, 0.15) is 22.5 Å². The topological polar surface area (TPSA) is 48.7 Å². The number of likely N-dealkylation sites (N-methyl/N-ethyl adjacent to an activating group) is 1. The molecule has 3 rings (SSSR count). The maximum atomic E-state index is 12.4. The van der Waals surface area contributed by atoms with E-state index in [9.17, 15) is 4.79 Å². The first-order chi connectivity index (χ1) is 11.5. The summed E-state index contributed by atoms with van der Waals surface area (Å²) >= 11 is 3.46. The van der Waals surface area contributed by atoms with E-state index in [1.165, 1.54) is 0 Å². The van der Waals surface area contributed by atoms with Gasteiger partial charge in [-0.3, -0.25) is 4.79 Å². The monoisotopic (exact) mass is 393 g/mol. The normalized spacial score (nSPS) is 16.6. The molecule has 2 heterocycles. The molecule has 130 valence electrons. The van der Waals surface area contributed by atoms with E-state index in [0.717, 1.165) is 60.2 Å². The van der Waals surface area contributed by atoms with Crippen molar-refractivity contribution >= 4 is 32.8 Å². The summed E-state index contributed by atoms with van der Waals surface area (Å²) in [6, 6.07) is 5.79. The number of nitrogens with zero attached hydrogens (tertiary/aromatic N) is 2. The number of hydrogen-bond acceptors (Lipinski definition) is 4. The zero-order valence-electron chi connectivity index (χ0n) is 14.3. The fourth-order valence-electron chi connectivity index (χ4n) is 3.07. The Balaban J connectivity index is 1.51. The van der Waals surface area contributed by atoms with Crippen LogP contribution in [0.25, 0.3) is 11.0 Å². The molecule has 0 bridgehead atoms. The lowest BCUT2D eigenvalue weighted by atomic mass is 10.1. The highest BCUT2D eigenvalue weighted by molar-refractivity contribution is 9.10. The van der Waals surface area contributed by atoms with Crippen molar-refractivity contribution in [2.45, 2.75) is 13.3 Å². The Labute approximate surface area is 151 Å². The highest BCUT2D eigenvalue weighted by Crippen LogP contribution is 2.27. The Bertz CT molecular complexity index is 720. The van der Waals surface area contributed by atoms with Crippen molar-refractivity contribution in [2.24, 2.45) is 0 Å². The van der Waals surface area contributed by atoms with Gasteiger partial charge in [0.05, 0.1) is 0 Å². The number of carbonyl (C=O) groups excluding carboxylic acids is 1. The first-order valence-corrected chi connectivity index (χ1v) is 9.21. The van der Waals surface area contributed by atoms with Gasteiger partial charge in [-0.15, -0.1) is 0 Å². The Morgan fingerprint density at radius 3 is 2.79 bits per heavy atom. The number of amides is 1. The lowest BCUT2D eigenvalue weighted by Crippen LogP contribution is -2.45. The Hall–Kier alpha value is -1.37. The molecule has 1 fully saturated rings. The molecule has 1 aromatic carbocycles. The number of piperazine rings is 1. The molecule has 1 amide bonds. The highest BCUT2D eigenvalue weighted by Gasteiger charge is 2.18. The van der Waals surface area contributed by atoms with Gasteiger partial charge in [-0.1, -0.05) is 15.9 Å². The van der Waals surface area contributed by atoms with Gasteiger partial charge in [-0.05, 0) is 45.1 Å². The van der Waals surface area contributed by atoms with E-state index in [0.29, 0.717) is 12.3 Å². The van der Waals surface area contributed by atoms with E-state index in [4.69, 9.17) is 4.42 Å². The van der Waals surface area contributed by atoms with Crippen LogP contribution in [0, 0.1) is 6.92 Å². The van der Waals surface area contributed by atoms with Gasteiger partial charge >= 0.3 is 0 Å². The summed E-state index contributed by atoms with van der Waals surface area (Å²) in [6.45, 7) is 8.10. The predicted molar refractivity (Wildman–Crippen MR) is 99.5 cm³/mol. The molecule has 24 heavy (non-hydrogen) atoms. The number of rotatable bonds is 5. The quantitative estimate of drug-likeness (QED) is 0.793. The van der Waals surface area contributed by atoms with Crippen molar-refractivity contribution in [3.8, 4) is 0 Å². The molecule has 1 N–H and O–H groups in total. The van der Waals surface area contributed by atoms with Crippen LogP contribution in [0.5, 0.6) is 0 Å². The number of fused-ring (bicyclic) bond motifs is 1. The van der Waals surface area contributed by atoms with Gasteiger partial charge < -0.3 is 19.5 Å². The van der Waals surface area contributed by atoms with Crippen molar-refractivity contribution in [1.82, 2.24) is 15.1 Å². The second-order valence-electron chi connectivity index (χ2n) is 6.45. The Morgan fingerprint density at radius 1 is 1.29 bits per heavy atom. The minimum atomic E-state index is -0.127. The molecule has 1 aliphatic rings. The fraction of sp³-hybridized carbons (Fsp3) is 0.500.